The molecule has 0 amide bonds. The van der Waals surface area contributed by atoms with Gasteiger partial charge in [-0.05, 0) is 24.5 Å². The minimum absolute atomic E-state index is 0.670. The van der Waals surface area contributed by atoms with Gasteiger partial charge in [0, 0.05) is 18.7 Å². The molecule has 1 aliphatic heterocycles. The van der Waals surface area contributed by atoms with Crippen molar-refractivity contribution < 1.29 is 0 Å². The first kappa shape index (κ1) is 12.0. The number of nitrogens with one attached hydrogen (secondary N) is 1. The summed E-state index contributed by atoms with van der Waals surface area (Å²) >= 11 is 0. The fourth-order valence-corrected chi connectivity index (χ4v) is 2.67. The van der Waals surface area contributed by atoms with E-state index in [1.54, 1.807) is 0 Å². The highest BCUT2D eigenvalue weighted by molar-refractivity contribution is 6.00. The summed E-state index contributed by atoms with van der Waals surface area (Å²) in [5.74, 6) is 0.670. The number of benzene rings is 2. The highest BCUT2D eigenvalue weighted by Crippen LogP contribution is 2.22. The Morgan fingerprint density at radius 3 is 2.74 bits per heavy atom. The normalized spacial score (nSPS) is 13.7. The van der Waals surface area contributed by atoms with Crippen LogP contribution in [0.15, 0.2) is 48.5 Å². The maximum absolute atomic E-state index is 8.22. The molecule has 0 saturated heterocycles. The second-order valence-electron chi connectivity index (χ2n) is 5.17. The smallest absolute Gasteiger partial charge is 0.128 e. The predicted octanol–water partition coefficient (Wildman–Crippen LogP) is 3.38. The van der Waals surface area contributed by atoms with Crippen LogP contribution in [0.3, 0.4) is 0 Å². The quantitative estimate of drug-likeness (QED) is 0.888. The summed E-state index contributed by atoms with van der Waals surface area (Å²) in [7, 11) is 0. The van der Waals surface area contributed by atoms with Crippen LogP contribution in [0.5, 0.6) is 0 Å². The number of hydrogen-bond acceptors (Lipinski definition) is 1. The molecule has 2 aromatic carbocycles. The summed E-state index contributed by atoms with van der Waals surface area (Å²) in [5.41, 5.74) is 5.02. The molecule has 1 heterocycles. The van der Waals surface area contributed by atoms with Gasteiger partial charge in [-0.3, -0.25) is 5.41 Å². The molecule has 0 saturated carbocycles. The molecule has 2 nitrogen and oxygen atoms in total. The molecule has 96 valence electrons. The van der Waals surface area contributed by atoms with Crippen LogP contribution in [0.2, 0.25) is 0 Å². The van der Waals surface area contributed by atoms with Crippen LogP contribution in [0, 0.1) is 12.3 Å². The summed E-state index contributed by atoms with van der Waals surface area (Å²) in [6.45, 7) is 3.91. The summed E-state index contributed by atoms with van der Waals surface area (Å²) in [6.07, 6.45) is 0.998. The van der Waals surface area contributed by atoms with Gasteiger partial charge in [0.15, 0.2) is 0 Å². The van der Waals surface area contributed by atoms with Crippen LogP contribution in [0.25, 0.3) is 0 Å². The first-order valence-corrected chi connectivity index (χ1v) is 6.71. The Kier molecular flexibility index (Phi) is 3.08. The Bertz CT molecular complexity index is 616. The van der Waals surface area contributed by atoms with Crippen molar-refractivity contribution in [3.63, 3.8) is 0 Å². The van der Waals surface area contributed by atoms with Crippen LogP contribution < -0.4 is 0 Å². The average molecular weight is 250 g/mol. The molecule has 0 aromatic heterocycles. The number of hydrogen-bond donors (Lipinski definition) is 1. The summed E-state index contributed by atoms with van der Waals surface area (Å²) in [5, 5.41) is 8.22. The van der Waals surface area contributed by atoms with E-state index in [4.69, 9.17) is 5.41 Å². The molecule has 0 bridgehead atoms. The maximum atomic E-state index is 8.22. The molecular formula is C17H18N2. The van der Waals surface area contributed by atoms with Crippen molar-refractivity contribution in [1.82, 2.24) is 4.90 Å². The number of fused-ring (bicyclic) bond motifs is 1. The Morgan fingerprint density at radius 2 is 1.95 bits per heavy atom. The van der Waals surface area contributed by atoms with Gasteiger partial charge in [-0.25, -0.2) is 0 Å². The third-order valence-electron chi connectivity index (χ3n) is 3.70. The van der Waals surface area contributed by atoms with Crippen LogP contribution in [0.4, 0.5) is 0 Å². The van der Waals surface area contributed by atoms with E-state index in [-0.39, 0.29) is 0 Å². The number of nitrogens with zero attached hydrogens (tertiary/aromatic N) is 1. The van der Waals surface area contributed by atoms with Gasteiger partial charge in [0.25, 0.3) is 0 Å². The molecule has 19 heavy (non-hydrogen) atoms. The number of rotatable bonds is 3. The molecule has 2 heteroatoms. The van der Waals surface area contributed by atoms with Crippen molar-refractivity contribution >= 4 is 5.84 Å². The van der Waals surface area contributed by atoms with Crippen molar-refractivity contribution in [2.45, 2.75) is 19.9 Å². The number of amidine groups is 1. The lowest BCUT2D eigenvalue weighted by Gasteiger charge is -2.17. The summed E-state index contributed by atoms with van der Waals surface area (Å²) in [4.78, 5) is 2.16. The van der Waals surface area contributed by atoms with E-state index in [0.29, 0.717) is 5.84 Å². The van der Waals surface area contributed by atoms with Gasteiger partial charge in [0.2, 0.25) is 0 Å². The Balaban J connectivity index is 1.68. The fourth-order valence-electron chi connectivity index (χ4n) is 2.67. The van der Waals surface area contributed by atoms with Gasteiger partial charge in [-0.2, -0.15) is 0 Å². The average Bonchev–Trinajstić information content (AvgIpc) is 2.74. The van der Waals surface area contributed by atoms with Gasteiger partial charge >= 0.3 is 0 Å². The van der Waals surface area contributed by atoms with Crippen molar-refractivity contribution in [2.75, 3.05) is 6.54 Å². The number of aryl methyl sites for hydroxylation is 1. The van der Waals surface area contributed by atoms with Gasteiger partial charge in [-0.15, -0.1) is 0 Å². The molecule has 3 rings (SSSR count). The monoisotopic (exact) mass is 250 g/mol. The standard InChI is InChI=1S/C17H18N2/c1-13-5-4-6-14(11-13)9-10-19-12-15-7-2-3-8-16(15)17(19)18/h2-8,11,18H,9-10,12H2,1H3. The lowest BCUT2D eigenvalue weighted by molar-refractivity contribution is 0.432. The van der Waals surface area contributed by atoms with Crippen molar-refractivity contribution in [3.05, 3.63) is 70.8 Å². The summed E-state index contributed by atoms with van der Waals surface area (Å²) < 4.78 is 0. The van der Waals surface area contributed by atoms with E-state index in [1.165, 1.54) is 16.7 Å². The lowest BCUT2D eigenvalue weighted by Crippen LogP contribution is -2.26. The van der Waals surface area contributed by atoms with Gasteiger partial charge in [0.05, 0.1) is 0 Å². The molecule has 2 aromatic rings. The van der Waals surface area contributed by atoms with E-state index < -0.39 is 0 Å². The zero-order valence-electron chi connectivity index (χ0n) is 11.2. The summed E-state index contributed by atoms with van der Waals surface area (Å²) in [6, 6.07) is 16.9. The van der Waals surface area contributed by atoms with Gasteiger partial charge in [0.1, 0.15) is 5.84 Å². The first-order valence-electron chi connectivity index (χ1n) is 6.71. The predicted molar refractivity (Wildman–Crippen MR) is 78.6 cm³/mol. The largest absolute Gasteiger partial charge is 0.352 e. The minimum atomic E-state index is 0.670. The second-order valence-corrected chi connectivity index (χ2v) is 5.17. The Hall–Kier alpha value is -2.09. The molecule has 0 atom stereocenters. The SMILES string of the molecule is Cc1cccc(CCN2Cc3ccccc3C2=N)c1. The zero-order valence-corrected chi connectivity index (χ0v) is 11.2. The molecule has 0 fully saturated rings. The fraction of sp³-hybridized carbons (Fsp3) is 0.235. The third kappa shape index (κ3) is 2.39. The maximum Gasteiger partial charge on any atom is 0.128 e. The van der Waals surface area contributed by atoms with E-state index in [2.05, 4.69) is 48.2 Å². The van der Waals surface area contributed by atoms with Gasteiger partial charge in [-0.1, -0.05) is 54.1 Å². The molecule has 0 unspecified atom stereocenters. The van der Waals surface area contributed by atoms with E-state index >= 15 is 0 Å². The highest BCUT2D eigenvalue weighted by atomic mass is 15.2. The minimum Gasteiger partial charge on any atom is -0.352 e. The molecule has 0 spiro atoms. The molecule has 0 radical (unpaired) electrons. The van der Waals surface area contributed by atoms with Crippen LogP contribution >= 0.6 is 0 Å². The van der Waals surface area contributed by atoms with E-state index in [1.807, 2.05) is 12.1 Å². The van der Waals surface area contributed by atoms with E-state index in [0.717, 1.165) is 25.1 Å². The highest BCUT2D eigenvalue weighted by Gasteiger charge is 2.22. The van der Waals surface area contributed by atoms with Crippen molar-refractivity contribution in [2.24, 2.45) is 0 Å². The molecular weight excluding hydrogens is 232 g/mol. The second kappa shape index (κ2) is 4.88. The van der Waals surface area contributed by atoms with E-state index in [9.17, 15) is 0 Å². The van der Waals surface area contributed by atoms with Crippen LogP contribution in [-0.2, 0) is 13.0 Å². The van der Waals surface area contributed by atoms with Crippen molar-refractivity contribution in [1.29, 1.82) is 5.41 Å². The molecule has 1 aliphatic rings. The molecule has 0 aliphatic carbocycles. The zero-order chi connectivity index (χ0) is 13.2. The van der Waals surface area contributed by atoms with Crippen LogP contribution in [-0.4, -0.2) is 17.3 Å². The lowest BCUT2D eigenvalue weighted by atomic mass is 10.1. The third-order valence-corrected chi connectivity index (χ3v) is 3.70. The van der Waals surface area contributed by atoms with Crippen molar-refractivity contribution in [3.8, 4) is 0 Å². The topological polar surface area (TPSA) is 27.1 Å². The van der Waals surface area contributed by atoms with Crippen LogP contribution in [0.1, 0.15) is 22.3 Å². The van der Waals surface area contributed by atoms with Gasteiger partial charge < -0.3 is 4.90 Å². The first-order chi connectivity index (χ1) is 9.24. The Labute approximate surface area is 114 Å². The Morgan fingerprint density at radius 1 is 1.11 bits per heavy atom. The molecule has 1 N–H and O–H groups in total.